The first-order chi connectivity index (χ1) is 43.1. The monoisotopic (exact) mass is 1170 g/mol. The second kappa shape index (κ2) is 21.8. The summed E-state index contributed by atoms with van der Waals surface area (Å²) < 4.78 is 4.78. The van der Waals surface area contributed by atoms with Crippen molar-refractivity contribution in [3.8, 4) is 91.0 Å². The summed E-state index contributed by atoms with van der Waals surface area (Å²) in [5.41, 5.74) is 16.8. The van der Waals surface area contributed by atoms with Crippen molar-refractivity contribution in [3.05, 3.63) is 247 Å². The molecule has 0 atom stereocenters. The highest BCUT2D eigenvalue weighted by atomic mass is 15.1. The third-order valence-electron chi connectivity index (χ3n) is 17.5. The van der Waals surface area contributed by atoms with E-state index >= 15 is 0 Å². The molecule has 9 heteroatoms. The van der Waals surface area contributed by atoms with Gasteiger partial charge in [-0.3, -0.25) is 4.57 Å². The number of hydrogen-bond acceptors (Lipinski definition) is 7. The molecular weight excluding hydrogens is 1100 g/mol. The molecule has 5 aromatic heterocycles. The summed E-state index contributed by atoms with van der Waals surface area (Å²) in [5.74, 6) is 3.90. The van der Waals surface area contributed by atoms with Crippen LogP contribution < -0.4 is 0 Å². The van der Waals surface area contributed by atoms with Crippen molar-refractivity contribution < 1.29 is 0 Å². The molecule has 0 spiro atoms. The lowest BCUT2D eigenvalue weighted by Crippen LogP contribution is -2.10. The van der Waals surface area contributed by atoms with E-state index in [0.717, 1.165) is 72.5 Å². The summed E-state index contributed by atoms with van der Waals surface area (Å²) in [4.78, 5) is 37.6. The number of hydrogen-bond donors (Lipinski definition) is 0. The fourth-order valence-electron chi connectivity index (χ4n) is 12.3. The number of benzene rings is 9. The molecule has 442 valence electrons. The predicted octanol–water partition coefficient (Wildman–Crippen LogP) is 20.5. The third-order valence-corrected chi connectivity index (χ3v) is 17.5. The Morgan fingerprint density at radius 1 is 0.256 bits per heavy atom. The second-order valence-corrected chi connectivity index (χ2v) is 28.0. The first-order valence-electron chi connectivity index (χ1n) is 31.2. The zero-order chi connectivity index (χ0) is 62.4. The Labute approximate surface area is 527 Å². The van der Waals surface area contributed by atoms with E-state index in [0.29, 0.717) is 40.5 Å². The van der Waals surface area contributed by atoms with Gasteiger partial charge in [0.2, 0.25) is 0 Å². The van der Waals surface area contributed by atoms with Crippen molar-refractivity contribution in [1.29, 1.82) is 0 Å². The van der Waals surface area contributed by atoms with E-state index < -0.39 is 0 Å². The lowest BCUT2D eigenvalue weighted by atomic mass is 9.85. The molecule has 0 amide bonds. The van der Waals surface area contributed by atoms with Crippen LogP contribution in [0, 0.1) is 0 Å². The van der Waals surface area contributed by atoms with Gasteiger partial charge in [-0.1, -0.05) is 235 Å². The summed E-state index contributed by atoms with van der Waals surface area (Å²) in [6.07, 6.45) is 2.09. The van der Waals surface area contributed by atoms with Crippen LogP contribution in [0.2, 0.25) is 0 Å². The van der Waals surface area contributed by atoms with Crippen molar-refractivity contribution >= 4 is 43.6 Å². The Morgan fingerprint density at radius 3 is 0.900 bits per heavy atom. The fourth-order valence-corrected chi connectivity index (χ4v) is 12.3. The van der Waals surface area contributed by atoms with Gasteiger partial charge in [-0.25, -0.2) is 34.9 Å². The number of rotatable bonds is 9. The number of aromatic nitrogens is 9. The molecule has 0 N–H and O–H groups in total. The minimum atomic E-state index is -0.0849. The average Bonchev–Trinajstić information content (AvgIpc) is 1.55. The Kier molecular flexibility index (Phi) is 13.9. The smallest absolute Gasteiger partial charge is 0.164 e. The van der Waals surface area contributed by atoms with Gasteiger partial charge in [-0.15, -0.1) is 0 Å². The van der Waals surface area contributed by atoms with Crippen LogP contribution in [-0.2, 0) is 21.7 Å². The van der Waals surface area contributed by atoms with Crippen molar-refractivity contribution in [3.63, 3.8) is 0 Å². The van der Waals surface area contributed by atoms with Crippen molar-refractivity contribution in [2.45, 2.75) is 105 Å². The first-order valence-corrected chi connectivity index (χ1v) is 31.2. The van der Waals surface area contributed by atoms with Crippen LogP contribution in [0.5, 0.6) is 0 Å². The highest BCUT2D eigenvalue weighted by Crippen LogP contribution is 2.45. The van der Waals surface area contributed by atoms with Gasteiger partial charge >= 0.3 is 0 Å². The van der Waals surface area contributed by atoms with Gasteiger partial charge in [0.15, 0.2) is 34.9 Å². The molecule has 0 aliphatic carbocycles. The molecule has 5 heterocycles. The zero-order valence-electron chi connectivity index (χ0n) is 53.4. The van der Waals surface area contributed by atoms with Crippen molar-refractivity contribution in [1.82, 2.24) is 44.0 Å². The minimum Gasteiger partial charge on any atom is -0.307 e. The normalized spacial score (nSPS) is 12.4. The maximum absolute atomic E-state index is 5.63. The van der Waals surface area contributed by atoms with Crippen LogP contribution in [0.4, 0.5) is 0 Å². The fraction of sp³-hybridized carbons (Fsp3) is 0.198. The first kappa shape index (κ1) is 57.5. The van der Waals surface area contributed by atoms with Gasteiger partial charge in [0.25, 0.3) is 0 Å². The Morgan fingerprint density at radius 2 is 0.567 bits per heavy atom. The molecule has 14 aromatic rings. The molecule has 0 bridgehead atoms. The van der Waals surface area contributed by atoms with E-state index in [-0.39, 0.29) is 21.7 Å². The molecule has 90 heavy (non-hydrogen) atoms. The lowest BCUT2D eigenvalue weighted by molar-refractivity contribution is 0.590. The summed E-state index contributed by atoms with van der Waals surface area (Å²) in [7, 11) is 0. The highest BCUT2D eigenvalue weighted by Gasteiger charge is 2.28. The van der Waals surface area contributed by atoms with Gasteiger partial charge in [-0.05, 0) is 116 Å². The molecular formula is C81H73N9. The molecule has 0 fully saturated rings. The third kappa shape index (κ3) is 10.6. The predicted molar refractivity (Wildman–Crippen MR) is 373 cm³/mol. The van der Waals surface area contributed by atoms with Crippen molar-refractivity contribution in [2.24, 2.45) is 0 Å². The lowest BCUT2D eigenvalue weighted by Gasteiger charge is -2.20. The number of pyridine rings is 1. The van der Waals surface area contributed by atoms with Crippen LogP contribution in [0.1, 0.15) is 105 Å². The number of fused-ring (bicyclic) bond motifs is 6. The molecule has 0 radical (unpaired) electrons. The van der Waals surface area contributed by atoms with E-state index in [1.165, 1.54) is 43.8 Å². The van der Waals surface area contributed by atoms with Gasteiger partial charge in [0.05, 0.1) is 34.0 Å². The SMILES string of the molecule is CC(C)(C)c1ccc2c(c1)c1cc(C(C)(C)C)ccc1n2-c1cc(-c2ccc(-c3nc(-c4ccccc4)nc(-c4ccccc4)n3)c(-c3nc(-c4ccccc4)nc(-c4ccccc4)n3)c2)c(-n2c3ccc(C(C)(C)C)cc3c3cc(C(C)(C)C)ccc32)cn1. The van der Waals surface area contributed by atoms with E-state index in [2.05, 4.69) is 195 Å². The van der Waals surface area contributed by atoms with Crippen LogP contribution in [0.25, 0.3) is 135 Å². The summed E-state index contributed by atoms with van der Waals surface area (Å²) in [6.45, 7) is 27.5. The maximum Gasteiger partial charge on any atom is 0.164 e. The molecule has 0 saturated heterocycles. The summed E-state index contributed by atoms with van der Waals surface area (Å²) >= 11 is 0. The second-order valence-electron chi connectivity index (χ2n) is 28.0. The quantitative estimate of drug-likeness (QED) is 0.142. The molecule has 0 unspecified atom stereocenters. The molecule has 14 rings (SSSR count). The summed E-state index contributed by atoms with van der Waals surface area (Å²) in [6, 6.07) is 77.3. The molecule has 9 aromatic carbocycles. The topological polar surface area (TPSA) is 100 Å². The highest BCUT2D eigenvalue weighted by molar-refractivity contribution is 6.12. The van der Waals surface area contributed by atoms with Gasteiger partial charge in [0.1, 0.15) is 5.82 Å². The Balaban J connectivity index is 1.11. The van der Waals surface area contributed by atoms with E-state index in [1.807, 2.05) is 121 Å². The van der Waals surface area contributed by atoms with E-state index in [1.54, 1.807) is 0 Å². The zero-order valence-corrected chi connectivity index (χ0v) is 53.4. The average molecular weight is 1170 g/mol. The maximum atomic E-state index is 5.63. The largest absolute Gasteiger partial charge is 0.307 e. The molecule has 9 nitrogen and oxygen atoms in total. The molecule has 0 aliphatic heterocycles. The summed E-state index contributed by atoms with van der Waals surface area (Å²) in [5, 5.41) is 4.75. The molecule has 0 aliphatic rings. The van der Waals surface area contributed by atoms with Crippen LogP contribution >= 0.6 is 0 Å². The standard InChI is InChI=1S/C81H73N9/c1-78(2,3)55-34-39-66-61(44-55)62-45-56(79(4,5)6)35-40-67(62)89(66)70-49-82-71(90-68-41-36-57(80(7,8)9)46-63(68)64-47-58(81(10,11)12)37-42-69(64)90)48-60(70)54-33-38-59(76-85-72(50-25-17-13-18-26-50)83-73(86-76)51-27-19-14-20-28-51)65(43-54)77-87-74(52-29-21-15-22-30-52)84-75(88-77)53-31-23-16-24-32-53/h13-49H,1-12H3. The van der Waals surface area contributed by atoms with Crippen LogP contribution in [0.3, 0.4) is 0 Å². The Hall–Kier alpha value is -10.3. The van der Waals surface area contributed by atoms with Gasteiger partial charge in [-0.2, -0.15) is 0 Å². The van der Waals surface area contributed by atoms with E-state index in [4.69, 9.17) is 34.9 Å². The van der Waals surface area contributed by atoms with Crippen LogP contribution in [-0.4, -0.2) is 44.0 Å². The van der Waals surface area contributed by atoms with E-state index in [9.17, 15) is 0 Å². The minimum absolute atomic E-state index is 0.0689. The van der Waals surface area contributed by atoms with Crippen LogP contribution in [0.15, 0.2) is 225 Å². The number of nitrogens with zero attached hydrogens (tertiary/aromatic N) is 9. The van der Waals surface area contributed by atoms with Gasteiger partial charge in [0, 0.05) is 60.5 Å². The van der Waals surface area contributed by atoms with Gasteiger partial charge < -0.3 is 4.57 Å². The van der Waals surface area contributed by atoms with Crippen molar-refractivity contribution in [2.75, 3.05) is 0 Å². The molecule has 0 saturated carbocycles. The Bertz CT molecular complexity index is 4820.